The van der Waals surface area contributed by atoms with E-state index in [1.807, 2.05) is 0 Å². The summed E-state index contributed by atoms with van der Waals surface area (Å²) in [5, 5.41) is 12.5. The molecule has 4 rings (SSSR count). The van der Waals surface area contributed by atoms with Crippen molar-refractivity contribution in [1.82, 2.24) is 19.4 Å². The first-order valence-corrected chi connectivity index (χ1v) is 11.6. The lowest BCUT2D eigenvalue weighted by Crippen LogP contribution is -2.36. The van der Waals surface area contributed by atoms with Crippen molar-refractivity contribution in [3.05, 3.63) is 111 Å². The molecule has 39 heavy (non-hydrogen) atoms. The number of nitrogens with zero attached hydrogens (tertiary/aromatic N) is 2. The molecule has 0 saturated carbocycles. The molecule has 0 saturated heterocycles. The van der Waals surface area contributed by atoms with Crippen LogP contribution in [0.15, 0.2) is 82.7 Å². The highest BCUT2D eigenvalue weighted by Crippen LogP contribution is 2.19. The third kappa shape index (κ3) is 7.05. The Hall–Kier alpha value is -5.04. The molecular formula is C26H23FN4O8. The number of carbonyl (C=O) groups excluding carboxylic acids is 3. The van der Waals surface area contributed by atoms with Crippen LogP contribution in [0.5, 0.6) is 0 Å². The smallest absolute Gasteiger partial charge is 0.330 e. The largest absolute Gasteiger partial charge is 0.506 e. The summed E-state index contributed by atoms with van der Waals surface area (Å²) in [7, 11) is 0. The number of halogens is 1. The molecule has 0 aliphatic carbocycles. The Bertz CT molecular complexity index is 1550. The van der Waals surface area contributed by atoms with Gasteiger partial charge in [-0.25, -0.2) is 9.18 Å². The minimum Gasteiger partial charge on any atom is -0.506 e. The first kappa shape index (κ1) is 27.0. The van der Waals surface area contributed by atoms with E-state index in [9.17, 15) is 33.5 Å². The van der Waals surface area contributed by atoms with E-state index in [1.54, 1.807) is 41.1 Å². The zero-order chi connectivity index (χ0) is 27.9. The number of esters is 1. The number of aromatic nitrogens is 3. The van der Waals surface area contributed by atoms with E-state index in [-0.39, 0.29) is 24.7 Å². The summed E-state index contributed by atoms with van der Waals surface area (Å²) < 4.78 is 26.5. The van der Waals surface area contributed by atoms with Gasteiger partial charge in [0.15, 0.2) is 6.23 Å². The van der Waals surface area contributed by atoms with Gasteiger partial charge in [0.05, 0.1) is 5.69 Å². The van der Waals surface area contributed by atoms with Gasteiger partial charge in [-0.3, -0.25) is 28.7 Å². The van der Waals surface area contributed by atoms with E-state index in [2.05, 4.69) is 10.3 Å². The molecule has 1 aliphatic rings. The van der Waals surface area contributed by atoms with E-state index in [0.29, 0.717) is 0 Å². The van der Waals surface area contributed by atoms with Crippen LogP contribution in [0.25, 0.3) is 5.76 Å². The van der Waals surface area contributed by atoms with Crippen LogP contribution in [-0.2, 0) is 30.4 Å². The first-order chi connectivity index (χ1) is 18.7. The molecule has 3 N–H and O–H groups in total. The number of H-pyrrole nitrogens is 1. The van der Waals surface area contributed by atoms with Crippen molar-refractivity contribution in [2.75, 3.05) is 13.2 Å². The number of amides is 1. The van der Waals surface area contributed by atoms with Gasteiger partial charge >= 0.3 is 11.7 Å². The monoisotopic (exact) mass is 538 g/mol. The number of ether oxygens (including phenoxy) is 2. The maximum Gasteiger partial charge on any atom is 0.330 e. The van der Waals surface area contributed by atoms with Crippen LogP contribution >= 0.6 is 0 Å². The van der Waals surface area contributed by atoms with Crippen LogP contribution in [0.1, 0.15) is 17.5 Å². The number of aliphatic hydroxyl groups excluding tert-OH is 1. The molecule has 1 aromatic carbocycles. The second-order valence-corrected chi connectivity index (χ2v) is 8.37. The maximum absolute atomic E-state index is 13.1. The number of aliphatic hydroxyl groups is 1. The van der Waals surface area contributed by atoms with Gasteiger partial charge in [-0.2, -0.15) is 0 Å². The third-order valence-corrected chi connectivity index (χ3v) is 5.58. The molecule has 0 spiro atoms. The summed E-state index contributed by atoms with van der Waals surface area (Å²) in [6.07, 6.45) is 5.28. The third-order valence-electron chi connectivity index (χ3n) is 5.58. The number of benzene rings is 1. The van der Waals surface area contributed by atoms with E-state index < -0.39 is 53.5 Å². The minimum atomic E-state index is -1.13. The van der Waals surface area contributed by atoms with Crippen molar-refractivity contribution in [3.63, 3.8) is 0 Å². The molecule has 3 aromatic rings. The summed E-state index contributed by atoms with van der Waals surface area (Å²) >= 11 is 0. The molecule has 0 bridgehead atoms. The van der Waals surface area contributed by atoms with Crippen LogP contribution in [0.4, 0.5) is 4.39 Å². The number of aromatic amines is 1. The normalized spacial score (nSPS) is 16.7. The molecule has 2 aromatic heterocycles. The Kier molecular flexibility index (Phi) is 8.31. The Morgan fingerprint density at radius 1 is 1.10 bits per heavy atom. The molecule has 0 radical (unpaired) electrons. The van der Waals surface area contributed by atoms with E-state index in [1.165, 1.54) is 24.4 Å². The zero-order valence-electron chi connectivity index (χ0n) is 20.3. The quantitative estimate of drug-likeness (QED) is 0.112. The molecular weight excluding hydrogens is 515 g/mol. The van der Waals surface area contributed by atoms with Crippen molar-refractivity contribution in [2.24, 2.45) is 0 Å². The molecule has 0 fully saturated rings. The predicted octanol–water partition coefficient (Wildman–Crippen LogP) is 0.807. The van der Waals surface area contributed by atoms with Gasteiger partial charge in [-0.05, 0) is 35.9 Å². The standard InChI is InChI=1S/C26H23FN4O8/c27-17-5-3-16(4-6-17)14-30-10-1-2-19(30)20(32)12-21(33)25(36)28-13-24(35)38-15-18-7-8-23(39-18)31-11-9-22(34)29-26(31)37/h1-12,18,23,32H,13-15H2,(H,28,36)(H,29,34,37)/b20-12-/t18-,23+/m0/s1. The number of rotatable bonds is 10. The Morgan fingerprint density at radius 2 is 1.87 bits per heavy atom. The number of carbonyl (C=O) groups is 3. The zero-order valence-corrected chi connectivity index (χ0v) is 20.3. The van der Waals surface area contributed by atoms with Crippen molar-refractivity contribution in [1.29, 1.82) is 0 Å². The minimum absolute atomic E-state index is 0.223. The van der Waals surface area contributed by atoms with Gasteiger partial charge in [0, 0.05) is 31.1 Å². The fourth-order valence-electron chi connectivity index (χ4n) is 3.67. The molecule has 1 aliphatic heterocycles. The maximum atomic E-state index is 13.1. The second-order valence-electron chi connectivity index (χ2n) is 8.37. The first-order valence-electron chi connectivity index (χ1n) is 11.6. The predicted molar refractivity (Wildman–Crippen MR) is 134 cm³/mol. The van der Waals surface area contributed by atoms with E-state index >= 15 is 0 Å². The van der Waals surface area contributed by atoms with Gasteiger partial charge in [0.1, 0.15) is 30.8 Å². The van der Waals surface area contributed by atoms with Crippen LogP contribution in [0.2, 0.25) is 0 Å². The van der Waals surface area contributed by atoms with Gasteiger partial charge < -0.3 is 24.5 Å². The van der Waals surface area contributed by atoms with Gasteiger partial charge in [-0.1, -0.05) is 18.2 Å². The average molecular weight is 538 g/mol. The lowest BCUT2D eigenvalue weighted by atomic mass is 10.2. The van der Waals surface area contributed by atoms with Crippen LogP contribution in [-0.4, -0.2) is 56.1 Å². The molecule has 202 valence electrons. The van der Waals surface area contributed by atoms with Crippen LogP contribution in [0, 0.1) is 5.82 Å². The van der Waals surface area contributed by atoms with Crippen LogP contribution < -0.4 is 16.6 Å². The molecule has 3 heterocycles. The summed E-state index contributed by atoms with van der Waals surface area (Å²) in [4.78, 5) is 61.5. The van der Waals surface area contributed by atoms with E-state index in [4.69, 9.17) is 9.47 Å². The number of hydrogen-bond acceptors (Lipinski definition) is 8. The topological polar surface area (TPSA) is 162 Å². The summed E-state index contributed by atoms with van der Waals surface area (Å²) in [6.45, 7) is -0.548. The summed E-state index contributed by atoms with van der Waals surface area (Å²) in [5.41, 5.74) is -0.203. The molecule has 2 atom stereocenters. The highest BCUT2D eigenvalue weighted by molar-refractivity contribution is 6.41. The van der Waals surface area contributed by atoms with Gasteiger partial charge in [0.25, 0.3) is 11.5 Å². The van der Waals surface area contributed by atoms with E-state index in [0.717, 1.165) is 22.3 Å². The average Bonchev–Trinajstić information content (AvgIpc) is 3.57. The summed E-state index contributed by atoms with van der Waals surface area (Å²) in [6, 6.07) is 10.1. The fourth-order valence-corrected chi connectivity index (χ4v) is 3.67. The van der Waals surface area contributed by atoms with Gasteiger partial charge in [-0.15, -0.1) is 0 Å². The number of nitrogens with one attached hydrogen (secondary N) is 2. The molecule has 12 nitrogen and oxygen atoms in total. The molecule has 0 unspecified atom stereocenters. The van der Waals surface area contributed by atoms with Crippen molar-refractivity contribution >= 4 is 23.4 Å². The van der Waals surface area contributed by atoms with Crippen molar-refractivity contribution < 1.29 is 33.4 Å². The van der Waals surface area contributed by atoms with Crippen LogP contribution in [0.3, 0.4) is 0 Å². The lowest BCUT2D eigenvalue weighted by molar-refractivity contribution is -0.148. The Balaban J connectivity index is 1.23. The highest BCUT2D eigenvalue weighted by Gasteiger charge is 2.23. The van der Waals surface area contributed by atoms with Crippen molar-refractivity contribution in [2.45, 2.75) is 18.9 Å². The second kappa shape index (κ2) is 12.0. The summed E-state index contributed by atoms with van der Waals surface area (Å²) in [5.74, 6) is -3.92. The fraction of sp³-hybridized carbons (Fsp3) is 0.192. The lowest BCUT2D eigenvalue weighted by Gasteiger charge is -2.16. The molecule has 1 amide bonds. The SMILES string of the molecule is O=C(CNC(=O)C(=O)/C=C(\O)c1cccn1Cc1ccc(F)cc1)OC[C@@H]1C=C[C@H](n2ccc(=O)[nH]c2=O)O1. The Labute approximate surface area is 219 Å². The van der Waals surface area contributed by atoms with Crippen molar-refractivity contribution in [3.8, 4) is 0 Å². The number of ketones is 1. The Morgan fingerprint density at radius 3 is 2.62 bits per heavy atom. The van der Waals surface area contributed by atoms with Gasteiger partial charge in [0.2, 0.25) is 5.78 Å². The molecule has 13 heteroatoms. The number of hydrogen-bond donors (Lipinski definition) is 3. The highest BCUT2D eigenvalue weighted by atomic mass is 19.1.